The minimum absolute atomic E-state index is 0.00257. The molecule has 2 aromatic heterocycles. The zero-order valence-corrected chi connectivity index (χ0v) is 17.8. The molecule has 3 aliphatic rings. The lowest BCUT2D eigenvalue weighted by Gasteiger charge is -2.45. The van der Waals surface area contributed by atoms with E-state index in [0.29, 0.717) is 0 Å². The van der Waals surface area contributed by atoms with Crippen molar-refractivity contribution in [3.8, 4) is 0 Å². The van der Waals surface area contributed by atoms with Crippen LogP contribution in [0.3, 0.4) is 0 Å². The molecule has 0 aromatic carbocycles. The Kier molecular flexibility index (Phi) is 3.99. The van der Waals surface area contributed by atoms with Gasteiger partial charge in [-0.25, -0.2) is 0 Å². The van der Waals surface area contributed by atoms with E-state index in [1.165, 1.54) is 11.1 Å². The first kappa shape index (κ1) is 18.3. The standard InChI is InChI=1S/C22H26Cl2N2/c1-21(2,3)13-9-7-11-15-12-8-10-14(22(4,5)6)26-20(12)16(19(11)25-13)18(24)17(15)23/h7-10,15-18H,1-6H3/t15?,16?,17?,18-/m1/s1. The van der Waals surface area contributed by atoms with E-state index in [0.717, 1.165) is 22.8 Å². The summed E-state index contributed by atoms with van der Waals surface area (Å²) in [6, 6.07) is 8.70. The highest BCUT2D eigenvalue weighted by Gasteiger charge is 2.51. The Morgan fingerprint density at radius 1 is 0.654 bits per heavy atom. The van der Waals surface area contributed by atoms with E-state index in [4.69, 9.17) is 33.2 Å². The molecule has 4 heteroatoms. The van der Waals surface area contributed by atoms with Crippen LogP contribution in [0.1, 0.15) is 87.3 Å². The predicted molar refractivity (Wildman–Crippen MR) is 109 cm³/mol. The van der Waals surface area contributed by atoms with Crippen LogP contribution >= 0.6 is 23.2 Å². The first-order valence-corrected chi connectivity index (χ1v) is 10.2. The van der Waals surface area contributed by atoms with Crippen molar-refractivity contribution in [3.63, 3.8) is 0 Å². The number of nitrogens with zero attached hydrogens (tertiary/aromatic N) is 2. The SMILES string of the molecule is CC(C)(C)c1ccc2c(n1)C1c3nc(C(C)(C)C)ccc3C2C(Cl)[C@@H]1Cl. The Bertz CT molecular complexity index is 811. The highest BCUT2D eigenvalue weighted by Crippen LogP contribution is 2.55. The first-order chi connectivity index (χ1) is 12.0. The van der Waals surface area contributed by atoms with Crippen molar-refractivity contribution in [1.82, 2.24) is 9.97 Å². The van der Waals surface area contributed by atoms with Gasteiger partial charge in [-0.2, -0.15) is 0 Å². The van der Waals surface area contributed by atoms with Gasteiger partial charge < -0.3 is 0 Å². The fraction of sp³-hybridized carbons (Fsp3) is 0.545. The van der Waals surface area contributed by atoms with Crippen molar-refractivity contribution in [2.75, 3.05) is 0 Å². The molecule has 2 heterocycles. The fourth-order valence-corrected chi connectivity index (χ4v) is 4.94. The maximum absolute atomic E-state index is 6.84. The van der Waals surface area contributed by atoms with E-state index in [1.54, 1.807) is 0 Å². The summed E-state index contributed by atoms with van der Waals surface area (Å²) < 4.78 is 0. The average molecular weight is 389 g/mol. The van der Waals surface area contributed by atoms with E-state index in [-0.39, 0.29) is 33.4 Å². The zero-order valence-electron chi connectivity index (χ0n) is 16.3. The third-order valence-corrected chi connectivity index (χ3v) is 6.83. The topological polar surface area (TPSA) is 25.8 Å². The van der Waals surface area contributed by atoms with Crippen molar-refractivity contribution in [2.24, 2.45) is 0 Å². The van der Waals surface area contributed by atoms with Crippen molar-refractivity contribution in [3.05, 3.63) is 58.2 Å². The maximum atomic E-state index is 6.84. The van der Waals surface area contributed by atoms with Gasteiger partial charge in [-0.05, 0) is 23.3 Å². The second-order valence-electron chi connectivity index (χ2n) is 9.69. The monoisotopic (exact) mass is 388 g/mol. The molecule has 5 rings (SSSR count). The van der Waals surface area contributed by atoms with Gasteiger partial charge in [0, 0.05) is 28.1 Å². The quantitative estimate of drug-likeness (QED) is 0.526. The Balaban J connectivity index is 1.94. The molecule has 2 bridgehead atoms. The number of aromatic nitrogens is 2. The number of halogens is 2. The van der Waals surface area contributed by atoms with Crippen LogP contribution in [-0.4, -0.2) is 20.7 Å². The van der Waals surface area contributed by atoms with Gasteiger partial charge in [-0.15, -0.1) is 23.2 Å². The van der Waals surface area contributed by atoms with Crippen LogP contribution in [0, 0.1) is 0 Å². The second-order valence-corrected chi connectivity index (χ2v) is 10.7. The van der Waals surface area contributed by atoms with Gasteiger partial charge in [0.15, 0.2) is 0 Å². The van der Waals surface area contributed by atoms with E-state index in [1.807, 2.05) is 0 Å². The summed E-state index contributed by atoms with van der Waals surface area (Å²) in [5.41, 5.74) is 6.76. The molecule has 0 spiro atoms. The zero-order chi connectivity index (χ0) is 19.0. The lowest BCUT2D eigenvalue weighted by Crippen LogP contribution is -2.43. The number of alkyl halides is 2. The molecule has 0 amide bonds. The predicted octanol–water partition coefficient (Wildman–Crippen LogP) is 5.88. The largest absolute Gasteiger partial charge is 0.256 e. The average Bonchev–Trinajstić information content (AvgIpc) is 2.55. The Labute approximate surface area is 166 Å². The van der Waals surface area contributed by atoms with Crippen LogP contribution < -0.4 is 0 Å². The molecule has 0 fully saturated rings. The molecule has 0 N–H and O–H groups in total. The van der Waals surface area contributed by atoms with Gasteiger partial charge in [-0.1, -0.05) is 53.7 Å². The maximum Gasteiger partial charge on any atom is 0.0648 e. The first-order valence-electron chi connectivity index (χ1n) is 9.31. The highest BCUT2D eigenvalue weighted by molar-refractivity contribution is 6.31. The van der Waals surface area contributed by atoms with Crippen LogP contribution in [0.2, 0.25) is 0 Å². The van der Waals surface area contributed by atoms with E-state index < -0.39 is 0 Å². The minimum Gasteiger partial charge on any atom is -0.256 e. The lowest BCUT2D eigenvalue weighted by atomic mass is 9.66. The minimum atomic E-state index is -0.188. The lowest BCUT2D eigenvalue weighted by molar-refractivity contribution is 0.486. The van der Waals surface area contributed by atoms with Crippen LogP contribution in [0.5, 0.6) is 0 Å². The summed E-state index contributed by atoms with van der Waals surface area (Å²) >= 11 is 13.6. The van der Waals surface area contributed by atoms with Crippen LogP contribution in [0.25, 0.3) is 0 Å². The Morgan fingerprint density at radius 3 is 1.42 bits per heavy atom. The molecule has 2 aromatic rings. The van der Waals surface area contributed by atoms with Gasteiger partial charge in [-0.3, -0.25) is 9.97 Å². The molecule has 1 unspecified atom stereocenters. The number of hydrogen-bond donors (Lipinski definition) is 0. The molecule has 0 saturated carbocycles. The molecular formula is C22H26Cl2N2. The third-order valence-electron chi connectivity index (χ3n) is 5.65. The molecule has 3 aliphatic carbocycles. The summed E-state index contributed by atoms with van der Waals surface area (Å²) in [7, 11) is 0. The molecule has 2 nitrogen and oxygen atoms in total. The van der Waals surface area contributed by atoms with Crippen molar-refractivity contribution in [1.29, 1.82) is 0 Å². The van der Waals surface area contributed by atoms with Crippen LogP contribution in [-0.2, 0) is 10.8 Å². The smallest absolute Gasteiger partial charge is 0.0648 e. The molecular weight excluding hydrogens is 363 g/mol. The summed E-state index contributed by atoms with van der Waals surface area (Å²) in [5, 5.41) is -0.321. The Hall–Kier alpha value is -1.12. The van der Waals surface area contributed by atoms with E-state index in [9.17, 15) is 0 Å². The third kappa shape index (κ3) is 2.60. The number of fused-ring (bicyclic) bond motifs is 1. The summed E-state index contributed by atoms with van der Waals surface area (Å²) in [4.78, 5) is 10.1. The fourth-order valence-electron chi connectivity index (χ4n) is 4.14. The molecule has 138 valence electrons. The van der Waals surface area contributed by atoms with Gasteiger partial charge >= 0.3 is 0 Å². The van der Waals surface area contributed by atoms with Gasteiger partial charge in [0.2, 0.25) is 0 Å². The van der Waals surface area contributed by atoms with Gasteiger partial charge in [0.1, 0.15) is 0 Å². The van der Waals surface area contributed by atoms with E-state index >= 15 is 0 Å². The number of hydrogen-bond acceptors (Lipinski definition) is 2. The summed E-state index contributed by atoms with van der Waals surface area (Å²) in [6.07, 6.45) is 0. The van der Waals surface area contributed by atoms with Gasteiger partial charge in [0.05, 0.1) is 28.1 Å². The van der Waals surface area contributed by atoms with Crippen molar-refractivity contribution < 1.29 is 0 Å². The summed E-state index contributed by atoms with van der Waals surface area (Å²) in [6.45, 7) is 13.1. The molecule has 26 heavy (non-hydrogen) atoms. The van der Waals surface area contributed by atoms with E-state index in [2.05, 4.69) is 65.8 Å². The summed E-state index contributed by atoms with van der Waals surface area (Å²) in [5.74, 6) is 0.0240. The Morgan fingerprint density at radius 2 is 1.04 bits per heavy atom. The van der Waals surface area contributed by atoms with Crippen molar-refractivity contribution >= 4 is 23.2 Å². The number of rotatable bonds is 0. The molecule has 0 radical (unpaired) electrons. The van der Waals surface area contributed by atoms with Crippen LogP contribution in [0.4, 0.5) is 0 Å². The number of pyridine rings is 2. The second kappa shape index (κ2) is 5.69. The van der Waals surface area contributed by atoms with Crippen molar-refractivity contribution in [2.45, 2.75) is 75.0 Å². The van der Waals surface area contributed by atoms with Crippen LogP contribution in [0.15, 0.2) is 24.3 Å². The molecule has 0 aliphatic heterocycles. The van der Waals surface area contributed by atoms with Gasteiger partial charge in [0.25, 0.3) is 0 Å². The molecule has 2 atom stereocenters. The molecule has 0 saturated heterocycles. The normalized spacial score (nSPS) is 27.2. The highest BCUT2D eigenvalue weighted by atomic mass is 35.5.